The summed E-state index contributed by atoms with van der Waals surface area (Å²) in [5, 5.41) is 0. The molecule has 1 aliphatic carbocycles. The van der Waals surface area contributed by atoms with Crippen LogP contribution in [0, 0.1) is 11.2 Å². The van der Waals surface area contributed by atoms with Crippen LogP contribution in [0.15, 0.2) is 29.8 Å². The Bertz CT molecular complexity index is 1260. The molecule has 0 radical (unpaired) electrons. The molecule has 1 aliphatic heterocycles. The lowest BCUT2D eigenvalue weighted by atomic mass is 9.83. The van der Waals surface area contributed by atoms with Crippen molar-refractivity contribution < 1.29 is 22.8 Å². The topological polar surface area (TPSA) is 63.4 Å². The molecule has 7 heteroatoms. The van der Waals surface area contributed by atoms with E-state index in [9.17, 15) is 9.59 Å². The third-order valence-corrected chi connectivity index (χ3v) is 6.68. The zero-order chi connectivity index (χ0) is 25.2. The van der Waals surface area contributed by atoms with E-state index >= 15 is 13.2 Å². The molecule has 0 saturated carbocycles. The molecule has 0 aromatic heterocycles. The van der Waals surface area contributed by atoms with Crippen LogP contribution in [0.2, 0.25) is 0 Å². The number of allylic oxidation sites excluding steroid dienone is 2. The lowest BCUT2D eigenvalue weighted by Crippen LogP contribution is -2.45. The van der Waals surface area contributed by atoms with E-state index in [2.05, 4.69) is 0 Å². The molecule has 2 aliphatic rings. The van der Waals surface area contributed by atoms with Gasteiger partial charge in [0, 0.05) is 29.7 Å². The molecule has 0 unspecified atom stereocenters. The van der Waals surface area contributed by atoms with Crippen molar-refractivity contribution in [1.82, 2.24) is 4.90 Å². The fraction of sp³-hybridized carbons (Fsp3) is 0.407. The van der Waals surface area contributed by atoms with Gasteiger partial charge >= 0.3 is 0 Å². The number of benzene rings is 2. The molecule has 34 heavy (non-hydrogen) atoms. The first-order chi connectivity index (χ1) is 15.7. The van der Waals surface area contributed by atoms with Crippen LogP contribution < -0.4 is 5.73 Å². The largest absolute Gasteiger partial charge is 0.366 e. The van der Waals surface area contributed by atoms with Crippen molar-refractivity contribution in [2.75, 3.05) is 6.54 Å². The number of amides is 2. The molecular formula is C27H29F3N2O2. The van der Waals surface area contributed by atoms with Gasteiger partial charge in [0.25, 0.3) is 5.92 Å². The highest BCUT2D eigenvalue weighted by Gasteiger charge is 2.45. The summed E-state index contributed by atoms with van der Waals surface area (Å²) in [4.78, 5) is 25.9. The van der Waals surface area contributed by atoms with E-state index in [1.165, 1.54) is 11.0 Å². The van der Waals surface area contributed by atoms with E-state index in [-0.39, 0.29) is 46.5 Å². The molecule has 180 valence electrons. The molecular weight excluding hydrogens is 441 g/mol. The fourth-order valence-electron chi connectivity index (χ4n) is 5.08. The molecule has 2 aromatic rings. The maximum Gasteiger partial charge on any atom is 0.291 e. The highest BCUT2D eigenvalue weighted by Crippen LogP contribution is 2.48. The van der Waals surface area contributed by atoms with Crippen LogP contribution in [0.5, 0.6) is 0 Å². The highest BCUT2D eigenvalue weighted by molar-refractivity contribution is 6.00. The lowest BCUT2D eigenvalue weighted by molar-refractivity contribution is -0.142. The molecule has 0 bridgehead atoms. The predicted molar refractivity (Wildman–Crippen MR) is 126 cm³/mol. The number of nitrogens with two attached hydrogens (primary N) is 1. The van der Waals surface area contributed by atoms with Gasteiger partial charge in [-0.3, -0.25) is 9.59 Å². The number of fused-ring (bicyclic) bond motifs is 2. The normalized spacial score (nSPS) is 17.0. The molecule has 2 aromatic carbocycles. The van der Waals surface area contributed by atoms with E-state index < -0.39 is 24.2 Å². The molecule has 1 heterocycles. The molecule has 4 rings (SSSR count). The second kappa shape index (κ2) is 8.00. The van der Waals surface area contributed by atoms with Crippen LogP contribution in [0.3, 0.4) is 0 Å². The Kier molecular flexibility index (Phi) is 5.66. The number of carbonyl (C=O) groups is 2. The summed E-state index contributed by atoms with van der Waals surface area (Å²) < 4.78 is 46.8. The molecule has 0 fully saturated rings. The van der Waals surface area contributed by atoms with Gasteiger partial charge < -0.3 is 10.6 Å². The van der Waals surface area contributed by atoms with Gasteiger partial charge in [-0.25, -0.2) is 4.39 Å². The minimum Gasteiger partial charge on any atom is -0.366 e. The highest BCUT2D eigenvalue weighted by atomic mass is 19.3. The maximum absolute atomic E-state index is 15.6. The minimum atomic E-state index is -3.37. The zero-order valence-electron chi connectivity index (χ0n) is 20.1. The summed E-state index contributed by atoms with van der Waals surface area (Å²) in [5.74, 6) is -5.23. The van der Waals surface area contributed by atoms with Crippen molar-refractivity contribution in [3.05, 3.63) is 63.5 Å². The number of halogens is 3. The Balaban J connectivity index is 1.90. The van der Waals surface area contributed by atoms with Crippen molar-refractivity contribution in [3.63, 3.8) is 0 Å². The Labute approximate surface area is 197 Å². The van der Waals surface area contributed by atoms with Crippen LogP contribution in [0.25, 0.3) is 16.7 Å². The smallest absolute Gasteiger partial charge is 0.291 e. The Morgan fingerprint density at radius 1 is 1.15 bits per heavy atom. The fourth-order valence-corrected chi connectivity index (χ4v) is 5.08. The summed E-state index contributed by atoms with van der Waals surface area (Å²) in [6, 6.07) is 5.72. The summed E-state index contributed by atoms with van der Waals surface area (Å²) in [5.41, 5.74) is 8.12. The minimum absolute atomic E-state index is 0.0324. The van der Waals surface area contributed by atoms with Gasteiger partial charge in [-0.15, -0.1) is 0 Å². The van der Waals surface area contributed by atoms with Gasteiger partial charge in [0.05, 0.1) is 6.54 Å². The molecule has 2 amide bonds. The molecule has 4 nitrogen and oxygen atoms in total. The third kappa shape index (κ3) is 4.01. The molecule has 0 saturated heterocycles. The summed E-state index contributed by atoms with van der Waals surface area (Å²) >= 11 is 0. The summed E-state index contributed by atoms with van der Waals surface area (Å²) in [6.07, 6.45) is 0.561. The van der Waals surface area contributed by atoms with Crippen LogP contribution >= 0.6 is 0 Å². The van der Waals surface area contributed by atoms with Crippen molar-refractivity contribution in [2.45, 2.75) is 59.9 Å². The Hall–Kier alpha value is -3.09. The number of rotatable bonds is 3. The van der Waals surface area contributed by atoms with Gasteiger partial charge in [0.1, 0.15) is 5.82 Å². The van der Waals surface area contributed by atoms with E-state index in [0.717, 1.165) is 17.2 Å². The Morgan fingerprint density at radius 2 is 1.82 bits per heavy atom. The number of hydrogen-bond donors (Lipinski definition) is 1. The standard InChI is InChI=1S/C27H29F3N2O2/c1-14-9-18-19(25(31)34)10-20(28)23(22(18)15(14)2)17-8-6-7-16-12-32(13-27(29,30)24(16)17)21(33)11-26(3,4)5/h6-8,10H,9,11-13H2,1-5H3,(H2,31,34). The Morgan fingerprint density at radius 3 is 2.44 bits per heavy atom. The van der Waals surface area contributed by atoms with E-state index in [1.54, 1.807) is 19.1 Å². The predicted octanol–water partition coefficient (Wildman–Crippen LogP) is 5.81. The second-order valence-electron chi connectivity index (χ2n) is 10.6. The van der Waals surface area contributed by atoms with E-state index in [4.69, 9.17) is 5.73 Å². The maximum atomic E-state index is 15.6. The first-order valence-electron chi connectivity index (χ1n) is 11.3. The number of hydrogen-bond acceptors (Lipinski definition) is 2. The van der Waals surface area contributed by atoms with Crippen molar-refractivity contribution >= 4 is 17.4 Å². The first-order valence-corrected chi connectivity index (χ1v) is 11.3. The van der Waals surface area contributed by atoms with Gasteiger partial charge in [-0.1, -0.05) is 44.5 Å². The quantitative estimate of drug-likeness (QED) is 0.615. The van der Waals surface area contributed by atoms with Gasteiger partial charge in [-0.05, 0) is 59.6 Å². The second-order valence-corrected chi connectivity index (χ2v) is 10.6. The molecule has 0 atom stereocenters. The molecule has 2 N–H and O–H groups in total. The van der Waals surface area contributed by atoms with Crippen LogP contribution in [0.1, 0.15) is 73.7 Å². The zero-order valence-corrected chi connectivity index (χ0v) is 20.1. The van der Waals surface area contributed by atoms with Crippen LogP contribution in [-0.4, -0.2) is 23.3 Å². The third-order valence-electron chi connectivity index (χ3n) is 6.68. The monoisotopic (exact) mass is 470 g/mol. The average Bonchev–Trinajstić information content (AvgIpc) is 2.99. The van der Waals surface area contributed by atoms with E-state index in [0.29, 0.717) is 23.1 Å². The van der Waals surface area contributed by atoms with Crippen molar-refractivity contribution in [2.24, 2.45) is 11.1 Å². The van der Waals surface area contributed by atoms with Crippen molar-refractivity contribution in [3.8, 4) is 11.1 Å². The molecule has 0 spiro atoms. The SMILES string of the molecule is CC1=C(C)c2c(c(C(N)=O)cc(F)c2-c2cccc3c2C(F)(F)CN(C(=O)CC(C)(C)C)C3)C1. The first kappa shape index (κ1) is 24.0. The van der Waals surface area contributed by atoms with Crippen molar-refractivity contribution in [1.29, 1.82) is 0 Å². The van der Waals surface area contributed by atoms with Crippen LogP contribution in [0.4, 0.5) is 13.2 Å². The summed E-state index contributed by atoms with van der Waals surface area (Å²) in [7, 11) is 0. The number of nitrogens with zero attached hydrogens (tertiary/aromatic N) is 1. The lowest BCUT2D eigenvalue weighted by Gasteiger charge is -2.37. The van der Waals surface area contributed by atoms with Gasteiger partial charge in [-0.2, -0.15) is 8.78 Å². The van der Waals surface area contributed by atoms with E-state index in [1.807, 2.05) is 27.7 Å². The van der Waals surface area contributed by atoms with Crippen LogP contribution in [-0.2, 0) is 23.7 Å². The van der Waals surface area contributed by atoms with Gasteiger partial charge in [0.2, 0.25) is 11.8 Å². The number of carbonyl (C=O) groups excluding carboxylic acids is 2. The van der Waals surface area contributed by atoms with Gasteiger partial charge in [0.15, 0.2) is 0 Å². The number of primary amides is 1. The number of alkyl halides is 2. The average molecular weight is 471 g/mol. The summed E-state index contributed by atoms with van der Waals surface area (Å²) in [6.45, 7) is 8.60.